The Balaban J connectivity index is 2.74. The Hall–Kier alpha value is -1.83. The predicted molar refractivity (Wildman–Crippen MR) is 63.9 cm³/mol. The number of carbonyl (C=O) groups excluding carboxylic acids is 1. The summed E-state index contributed by atoms with van der Waals surface area (Å²) in [5.41, 5.74) is 0.138. The second-order valence-electron chi connectivity index (χ2n) is 4.09. The van der Waals surface area contributed by atoms with E-state index in [0.717, 1.165) is 0 Å². The predicted octanol–water partition coefficient (Wildman–Crippen LogP) is -0.723. The van der Waals surface area contributed by atoms with Crippen LogP contribution in [-0.4, -0.2) is 56.9 Å². The van der Waals surface area contributed by atoms with Crippen molar-refractivity contribution in [2.45, 2.75) is 19.1 Å². The first-order valence-corrected chi connectivity index (χ1v) is 5.53. The van der Waals surface area contributed by atoms with Gasteiger partial charge in [0.15, 0.2) is 0 Å². The van der Waals surface area contributed by atoms with E-state index in [-0.39, 0.29) is 0 Å². The number of ether oxygens (including phenoxy) is 1. The van der Waals surface area contributed by atoms with Crippen LogP contribution in [0.4, 0.5) is 0 Å². The number of hydrogen-bond donors (Lipinski definition) is 5. The number of esters is 1. The Kier molecular flexibility index (Phi) is 5.11. The first kappa shape index (κ1) is 15.2. The summed E-state index contributed by atoms with van der Waals surface area (Å²) < 4.78 is 4.63. The molecule has 106 valence electrons. The average Bonchev–Trinajstić information content (AvgIpc) is 2.33. The van der Waals surface area contributed by atoms with E-state index in [1.807, 2.05) is 0 Å². The highest BCUT2D eigenvalue weighted by Gasteiger charge is 2.22. The van der Waals surface area contributed by atoms with Crippen molar-refractivity contribution in [2.24, 2.45) is 0 Å². The van der Waals surface area contributed by atoms with Crippen LogP contribution < -0.4 is 0 Å². The fourth-order valence-electron chi connectivity index (χ4n) is 1.42. The van der Waals surface area contributed by atoms with E-state index in [1.54, 1.807) is 6.92 Å². The molecule has 0 spiro atoms. The van der Waals surface area contributed by atoms with Gasteiger partial charge in [0.05, 0.1) is 6.61 Å². The number of carbonyl (C=O) groups is 1. The minimum Gasteiger partial charge on any atom is -0.507 e. The molecule has 1 rings (SSSR count). The second-order valence-corrected chi connectivity index (χ2v) is 4.09. The molecule has 0 fully saturated rings. The van der Waals surface area contributed by atoms with E-state index < -0.39 is 48.5 Å². The van der Waals surface area contributed by atoms with Gasteiger partial charge in [-0.05, 0) is 24.6 Å². The van der Waals surface area contributed by atoms with Crippen LogP contribution in [0.15, 0.2) is 12.1 Å². The van der Waals surface area contributed by atoms with Crippen LogP contribution in [0.5, 0.6) is 11.5 Å². The van der Waals surface area contributed by atoms with Gasteiger partial charge in [-0.15, -0.1) is 0 Å². The number of aliphatic hydroxyl groups is 3. The zero-order valence-corrected chi connectivity index (χ0v) is 10.3. The van der Waals surface area contributed by atoms with Gasteiger partial charge in [0.2, 0.25) is 0 Å². The highest BCUT2D eigenvalue weighted by Crippen LogP contribution is 2.29. The molecule has 0 aliphatic rings. The molecule has 0 saturated carbocycles. The van der Waals surface area contributed by atoms with E-state index in [4.69, 9.17) is 10.2 Å². The molecule has 1 aromatic carbocycles. The fraction of sp³-hybridized carbons (Fsp3) is 0.417. The zero-order valence-electron chi connectivity index (χ0n) is 10.3. The van der Waals surface area contributed by atoms with Crippen LogP contribution in [-0.2, 0) is 4.74 Å². The molecular formula is C12H16O7. The van der Waals surface area contributed by atoms with Crippen molar-refractivity contribution < 1.29 is 35.1 Å². The molecule has 0 saturated heterocycles. The van der Waals surface area contributed by atoms with Gasteiger partial charge in [-0.2, -0.15) is 0 Å². The highest BCUT2D eigenvalue weighted by atomic mass is 16.5. The lowest BCUT2D eigenvalue weighted by molar-refractivity contribution is -0.0468. The number of aliphatic hydroxyl groups excluding tert-OH is 3. The Morgan fingerprint density at radius 3 is 2.21 bits per heavy atom. The molecule has 0 aliphatic heterocycles. The maximum atomic E-state index is 11.6. The summed E-state index contributed by atoms with van der Waals surface area (Å²) in [6.45, 7) is 0.364. The lowest BCUT2D eigenvalue weighted by atomic mass is 10.1. The maximum absolute atomic E-state index is 11.6. The standard InChI is InChI=1S/C12H16O7/c1-6-2-7(14)11(8(15)3-6)12(18)19-5-10(17)9(16)4-13/h2-3,9-10,13-17H,4-5H2,1H3. The molecule has 0 aliphatic carbocycles. The number of phenolic OH excluding ortho intramolecular Hbond substituents is 2. The van der Waals surface area contributed by atoms with Crippen LogP contribution in [0.3, 0.4) is 0 Å². The number of phenols is 2. The zero-order chi connectivity index (χ0) is 14.6. The Labute approximate surface area is 109 Å². The molecule has 7 heteroatoms. The molecule has 2 unspecified atom stereocenters. The molecule has 0 heterocycles. The van der Waals surface area contributed by atoms with Gasteiger partial charge in [0.25, 0.3) is 0 Å². The number of benzene rings is 1. The third kappa shape index (κ3) is 3.82. The smallest absolute Gasteiger partial charge is 0.345 e. The summed E-state index contributed by atoms with van der Waals surface area (Å²) in [7, 11) is 0. The van der Waals surface area contributed by atoms with Gasteiger partial charge in [-0.1, -0.05) is 0 Å². The summed E-state index contributed by atoms with van der Waals surface area (Å²) >= 11 is 0. The number of aromatic hydroxyl groups is 2. The first-order valence-electron chi connectivity index (χ1n) is 5.53. The lowest BCUT2D eigenvalue weighted by Gasteiger charge is -2.16. The van der Waals surface area contributed by atoms with E-state index in [2.05, 4.69) is 4.74 Å². The third-order valence-electron chi connectivity index (χ3n) is 2.46. The van der Waals surface area contributed by atoms with E-state index in [9.17, 15) is 20.1 Å². The summed E-state index contributed by atoms with van der Waals surface area (Å²) in [5, 5.41) is 46.0. The summed E-state index contributed by atoms with van der Waals surface area (Å²) in [5.74, 6) is -1.93. The van der Waals surface area contributed by atoms with Crippen molar-refractivity contribution in [1.82, 2.24) is 0 Å². The number of rotatable bonds is 5. The van der Waals surface area contributed by atoms with Crippen molar-refractivity contribution in [3.05, 3.63) is 23.3 Å². The Morgan fingerprint density at radius 2 is 1.74 bits per heavy atom. The molecule has 0 bridgehead atoms. The van der Waals surface area contributed by atoms with Crippen molar-refractivity contribution in [3.63, 3.8) is 0 Å². The molecule has 0 aromatic heterocycles. The van der Waals surface area contributed by atoms with Gasteiger partial charge in [-0.25, -0.2) is 4.79 Å². The fourth-order valence-corrected chi connectivity index (χ4v) is 1.42. The Bertz CT molecular complexity index is 434. The van der Waals surface area contributed by atoms with Gasteiger partial charge in [0.1, 0.15) is 35.9 Å². The van der Waals surface area contributed by atoms with Gasteiger partial charge < -0.3 is 30.3 Å². The second kappa shape index (κ2) is 6.37. The summed E-state index contributed by atoms with van der Waals surface area (Å²) in [6.07, 6.45) is -2.89. The minimum absolute atomic E-state index is 0.420. The number of aryl methyl sites for hydroxylation is 1. The van der Waals surface area contributed by atoms with E-state index >= 15 is 0 Å². The van der Waals surface area contributed by atoms with Crippen molar-refractivity contribution >= 4 is 5.97 Å². The molecule has 7 nitrogen and oxygen atoms in total. The van der Waals surface area contributed by atoms with Crippen LogP contribution in [0.1, 0.15) is 15.9 Å². The van der Waals surface area contributed by atoms with Gasteiger partial charge >= 0.3 is 5.97 Å². The minimum atomic E-state index is -1.45. The monoisotopic (exact) mass is 272 g/mol. The average molecular weight is 272 g/mol. The molecule has 5 N–H and O–H groups in total. The molecule has 19 heavy (non-hydrogen) atoms. The Morgan fingerprint density at radius 1 is 1.21 bits per heavy atom. The SMILES string of the molecule is Cc1cc(O)c(C(=O)OCC(O)C(O)CO)c(O)c1. The van der Waals surface area contributed by atoms with E-state index in [1.165, 1.54) is 12.1 Å². The molecule has 2 atom stereocenters. The van der Waals surface area contributed by atoms with Crippen molar-refractivity contribution in [2.75, 3.05) is 13.2 Å². The van der Waals surface area contributed by atoms with Crippen molar-refractivity contribution in [3.8, 4) is 11.5 Å². The van der Waals surface area contributed by atoms with Crippen LogP contribution in [0.25, 0.3) is 0 Å². The topological polar surface area (TPSA) is 127 Å². The first-order chi connectivity index (χ1) is 8.86. The van der Waals surface area contributed by atoms with Crippen molar-refractivity contribution in [1.29, 1.82) is 0 Å². The van der Waals surface area contributed by atoms with E-state index in [0.29, 0.717) is 5.56 Å². The van der Waals surface area contributed by atoms with Gasteiger partial charge in [-0.3, -0.25) is 0 Å². The maximum Gasteiger partial charge on any atom is 0.345 e. The lowest BCUT2D eigenvalue weighted by Crippen LogP contribution is -2.34. The molecule has 0 radical (unpaired) electrons. The largest absolute Gasteiger partial charge is 0.507 e. The molecule has 0 amide bonds. The molecule has 1 aromatic rings. The highest BCUT2D eigenvalue weighted by molar-refractivity contribution is 5.95. The van der Waals surface area contributed by atoms with Crippen LogP contribution in [0, 0.1) is 6.92 Å². The summed E-state index contributed by atoms with van der Waals surface area (Å²) in [4.78, 5) is 11.6. The summed E-state index contributed by atoms with van der Waals surface area (Å²) in [6, 6.07) is 2.55. The molecular weight excluding hydrogens is 256 g/mol. The number of hydrogen-bond acceptors (Lipinski definition) is 7. The van der Waals surface area contributed by atoms with Crippen LogP contribution in [0.2, 0.25) is 0 Å². The normalized spacial score (nSPS) is 13.9. The quantitative estimate of drug-likeness (QED) is 0.447. The van der Waals surface area contributed by atoms with Gasteiger partial charge in [0, 0.05) is 0 Å². The van der Waals surface area contributed by atoms with Crippen LogP contribution >= 0.6 is 0 Å². The third-order valence-corrected chi connectivity index (χ3v) is 2.46.